The summed E-state index contributed by atoms with van der Waals surface area (Å²) in [7, 11) is 0. The lowest BCUT2D eigenvalue weighted by atomic mass is 9.91. The van der Waals surface area contributed by atoms with E-state index in [-0.39, 0.29) is 35.7 Å². The van der Waals surface area contributed by atoms with Gasteiger partial charge in [0.05, 0.1) is 17.6 Å². The van der Waals surface area contributed by atoms with Crippen molar-refractivity contribution in [3.8, 4) is 11.5 Å². The van der Waals surface area contributed by atoms with Gasteiger partial charge in [0, 0.05) is 6.04 Å². The number of rotatable bonds is 7. The molecule has 1 saturated carbocycles. The second kappa shape index (κ2) is 8.54. The van der Waals surface area contributed by atoms with E-state index in [0.29, 0.717) is 31.2 Å². The summed E-state index contributed by atoms with van der Waals surface area (Å²) >= 11 is 0. The molecule has 3 atom stereocenters. The van der Waals surface area contributed by atoms with Crippen LogP contribution in [0.2, 0.25) is 0 Å². The molecular formula is C25H27F2NO4. The summed E-state index contributed by atoms with van der Waals surface area (Å²) in [5.74, 6) is -0.165. The van der Waals surface area contributed by atoms with Gasteiger partial charge < -0.3 is 19.5 Å². The van der Waals surface area contributed by atoms with E-state index in [9.17, 15) is 13.6 Å². The zero-order valence-electron chi connectivity index (χ0n) is 18.0. The van der Waals surface area contributed by atoms with E-state index in [2.05, 4.69) is 27.9 Å². The molecule has 2 heterocycles. The topological polar surface area (TPSA) is 56.8 Å². The number of ether oxygens (including phenoxy) is 3. The van der Waals surface area contributed by atoms with E-state index in [1.54, 1.807) is 18.2 Å². The van der Waals surface area contributed by atoms with Crippen LogP contribution in [-0.4, -0.2) is 30.5 Å². The van der Waals surface area contributed by atoms with Crippen LogP contribution in [-0.2, 0) is 14.9 Å². The highest BCUT2D eigenvalue weighted by Crippen LogP contribution is 2.52. The minimum atomic E-state index is -3.68. The van der Waals surface area contributed by atoms with E-state index in [1.165, 1.54) is 12.1 Å². The normalized spacial score (nSPS) is 27.7. The molecule has 7 heteroatoms. The monoisotopic (exact) mass is 443 g/mol. The van der Waals surface area contributed by atoms with Gasteiger partial charge in [-0.2, -0.15) is 0 Å². The van der Waals surface area contributed by atoms with E-state index in [4.69, 9.17) is 4.74 Å². The van der Waals surface area contributed by atoms with Crippen molar-refractivity contribution in [1.82, 2.24) is 5.32 Å². The molecule has 3 aliphatic rings. The minimum Gasteiger partial charge on any atom is -0.395 e. The molecule has 0 aromatic heterocycles. The first-order valence-corrected chi connectivity index (χ1v) is 10.7. The molecule has 0 spiro atoms. The number of allylic oxidation sites excluding steroid dienone is 4. The Morgan fingerprint density at radius 1 is 1.16 bits per heavy atom. The van der Waals surface area contributed by atoms with Gasteiger partial charge in [0.1, 0.15) is 0 Å². The zero-order valence-corrected chi connectivity index (χ0v) is 18.0. The first kappa shape index (κ1) is 22.3. The van der Waals surface area contributed by atoms with Crippen LogP contribution in [0.1, 0.15) is 38.2 Å². The van der Waals surface area contributed by atoms with E-state index >= 15 is 0 Å². The fraction of sp³-hybridized carbons (Fsp3) is 0.400. The molecule has 170 valence electrons. The van der Waals surface area contributed by atoms with Crippen molar-refractivity contribution in [3.05, 3.63) is 72.9 Å². The summed E-state index contributed by atoms with van der Waals surface area (Å²) in [4.78, 5) is 13.3. The Morgan fingerprint density at radius 3 is 2.59 bits per heavy atom. The molecule has 0 unspecified atom stereocenters. The average molecular weight is 443 g/mol. The van der Waals surface area contributed by atoms with Gasteiger partial charge in [-0.3, -0.25) is 4.79 Å². The number of benzene rings is 1. The number of carbonyl (C=O) groups is 1. The summed E-state index contributed by atoms with van der Waals surface area (Å²) in [6.45, 7) is 9.46. The Kier molecular flexibility index (Phi) is 5.95. The molecule has 1 amide bonds. The largest absolute Gasteiger partial charge is 0.586 e. The van der Waals surface area contributed by atoms with Crippen molar-refractivity contribution in [3.63, 3.8) is 0 Å². The van der Waals surface area contributed by atoms with Crippen LogP contribution in [0.3, 0.4) is 0 Å². The maximum Gasteiger partial charge on any atom is 0.586 e. The van der Waals surface area contributed by atoms with Crippen molar-refractivity contribution in [2.75, 3.05) is 0 Å². The van der Waals surface area contributed by atoms with Crippen LogP contribution in [0.15, 0.2) is 67.3 Å². The quantitative estimate of drug-likeness (QED) is 0.606. The Bertz CT molecular complexity index is 980. The molecule has 0 bridgehead atoms. The van der Waals surface area contributed by atoms with E-state index < -0.39 is 11.7 Å². The number of carbonyl (C=O) groups excluding carboxylic acids is 1. The highest BCUT2D eigenvalue weighted by atomic mass is 19.3. The minimum absolute atomic E-state index is 0.0230. The van der Waals surface area contributed by atoms with Gasteiger partial charge in [0.15, 0.2) is 11.5 Å². The lowest BCUT2D eigenvalue weighted by Crippen LogP contribution is -2.48. The molecule has 0 radical (unpaired) electrons. The number of hydrogen-bond acceptors (Lipinski definition) is 4. The molecule has 4 rings (SSSR count). The SMILES string of the molecule is C=C/C=C\C(=C/C=C)[C@H]1C[C@H](NC(=O)C2(c3ccc4c(c3)OC(F)(F)O4)CC2)C[C@@H](C)O1. The summed E-state index contributed by atoms with van der Waals surface area (Å²) in [6, 6.07) is 4.52. The molecule has 32 heavy (non-hydrogen) atoms. The van der Waals surface area contributed by atoms with Gasteiger partial charge in [-0.15, -0.1) is 8.78 Å². The van der Waals surface area contributed by atoms with Crippen LogP contribution in [0, 0.1) is 0 Å². The van der Waals surface area contributed by atoms with E-state index in [1.807, 2.05) is 25.2 Å². The summed E-state index contributed by atoms with van der Waals surface area (Å²) in [5.41, 5.74) is 0.895. The molecule has 1 saturated heterocycles. The van der Waals surface area contributed by atoms with Gasteiger partial charge in [-0.1, -0.05) is 49.6 Å². The van der Waals surface area contributed by atoms with Crippen molar-refractivity contribution >= 4 is 5.91 Å². The third-order valence-corrected chi connectivity index (χ3v) is 6.09. The highest BCUT2D eigenvalue weighted by molar-refractivity contribution is 5.91. The lowest BCUT2D eigenvalue weighted by molar-refractivity contribution is -0.286. The second-order valence-corrected chi connectivity index (χ2v) is 8.49. The first-order chi connectivity index (χ1) is 15.3. The standard InChI is InChI=1S/C25H27F2NO4/c1-4-6-8-17(7-5-2)21-15-19(13-16(3)30-21)28-23(29)24(11-12-24)18-9-10-20-22(14-18)32-25(26,27)31-20/h4-10,14,16,19,21H,1-2,11-13,15H2,3H3,(H,28,29)/b8-6-,17-7+/t16-,19-,21-/m1/s1. The fourth-order valence-electron chi connectivity index (χ4n) is 4.41. The van der Waals surface area contributed by atoms with Crippen molar-refractivity contribution < 1.29 is 27.8 Å². The van der Waals surface area contributed by atoms with E-state index in [0.717, 1.165) is 5.57 Å². The van der Waals surface area contributed by atoms with Crippen LogP contribution in [0.5, 0.6) is 11.5 Å². The van der Waals surface area contributed by atoms with Crippen LogP contribution in [0.25, 0.3) is 0 Å². The predicted molar refractivity (Wildman–Crippen MR) is 117 cm³/mol. The van der Waals surface area contributed by atoms with Crippen molar-refractivity contribution in [2.24, 2.45) is 0 Å². The molecule has 1 N–H and O–H groups in total. The molecule has 2 fully saturated rings. The van der Waals surface area contributed by atoms with Crippen molar-refractivity contribution in [1.29, 1.82) is 0 Å². The van der Waals surface area contributed by atoms with Gasteiger partial charge in [0.2, 0.25) is 5.91 Å². The maximum atomic E-state index is 13.4. The summed E-state index contributed by atoms with van der Waals surface area (Å²) in [5, 5.41) is 3.18. The predicted octanol–water partition coefficient (Wildman–Crippen LogP) is 4.95. The van der Waals surface area contributed by atoms with Crippen molar-refractivity contribution in [2.45, 2.75) is 62.6 Å². The number of amides is 1. The third kappa shape index (κ3) is 4.48. The smallest absolute Gasteiger partial charge is 0.395 e. The maximum absolute atomic E-state index is 13.4. The van der Waals surface area contributed by atoms with Crippen LogP contribution >= 0.6 is 0 Å². The Balaban J connectivity index is 1.48. The van der Waals surface area contributed by atoms with Crippen LogP contribution in [0.4, 0.5) is 8.78 Å². The average Bonchev–Trinajstić information content (AvgIpc) is 3.48. The zero-order chi connectivity index (χ0) is 22.9. The highest BCUT2D eigenvalue weighted by Gasteiger charge is 2.53. The summed E-state index contributed by atoms with van der Waals surface area (Å²) < 4.78 is 41.9. The number of nitrogens with one attached hydrogen (secondary N) is 1. The molecule has 1 aromatic rings. The van der Waals surface area contributed by atoms with Crippen LogP contribution < -0.4 is 14.8 Å². The molecule has 5 nitrogen and oxygen atoms in total. The number of hydrogen-bond donors (Lipinski definition) is 1. The van der Waals surface area contributed by atoms with Gasteiger partial charge in [0.25, 0.3) is 0 Å². The third-order valence-electron chi connectivity index (χ3n) is 6.09. The lowest BCUT2D eigenvalue weighted by Gasteiger charge is -2.35. The van der Waals surface area contributed by atoms with Gasteiger partial charge in [-0.25, -0.2) is 0 Å². The number of halogens is 2. The molecule has 1 aromatic carbocycles. The Morgan fingerprint density at radius 2 is 1.91 bits per heavy atom. The van der Waals surface area contributed by atoms with Gasteiger partial charge in [-0.05, 0) is 55.9 Å². The number of alkyl halides is 2. The Hall–Kier alpha value is -2.93. The number of fused-ring (bicyclic) bond motifs is 1. The molecular weight excluding hydrogens is 416 g/mol. The van der Waals surface area contributed by atoms with Gasteiger partial charge >= 0.3 is 6.29 Å². The first-order valence-electron chi connectivity index (χ1n) is 10.7. The second-order valence-electron chi connectivity index (χ2n) is 8.49. The molecule has 2 aliphatic heterocycles. The Labute approximate surface area is 186 Å². The summed E-state index contributed by atoms with van der Waals surface area (Å²) in [6.07, 6.45) is 7.81. The molecule has 1 aliphatic carbocycles. The fourth-order valence-corrected chi connectivity index (χ4v) is 4.41.